The van der Waals surface area contributed by atoms with Gasteiger partial charge in [-0.2, -0.15) is 0 Å². The van der Waals surface area contributed by atoms with Crippen LogP contribution >= 0.6 is 0 Å². The van der Waals surface area contributed by atoms with Crippen molar-refractivity contribution in [3.8, 4) is 0 Å². The van der Waals surface area contributed by atoms with Gasteiger partial charge in [-0.15, -0.1) is 0 Å². The first-order valence-corrected chi connectivity index (χ1v) is 8.68. The molecule has 2 atom stereocenters. The Morgan fingerprint density at radius 2 is 1.43 bits per heavy atom. The zero-order valence-electron chi connectivity index (χ0n) is 14.3. The van der Waals surface area contributed by atoms with Crippen molar-refractivity contribution in [1.29, 1.82) is 0 Å². The lowest BCUT2D eigenvalue weighted by molar-refractivity contribution is -0.0791. The van der Waals surface area contributed by atoms with Gasteiger partial charge in [0.15, 0.2) is 0 Å². The fourth-order valence-corrected chi connectivity index (χ4v) is 4.17. The smallest absolute Gasteiger partial charge is 0.0788 e. The standard InChI is InChI=1S/C17H33N3O/c1-16(2)14(15(18)17(3,4)21-16)12-20-9-7-19(8-10-20)11-13-5-6-13/h13-15H,5-12,18H2,1-4H3. The Morgan fingerprint density at radius 3 is 1.86 bits per heavy atom. The van der Waals surface area contributed by atoms with Crippen molar-refractivity contribution in [2.45, 2.75) is 57.8 Å². The van der Waals surface area contributed by atoms with Crippen molar-refractivity contribution in [2.75, 3.05) is 39.3 Å². The maximum absolute atomic E-state index is 6.49. The molecule has 21 heavy (non-hydrogen) atoms. The third-order valence-corrected chi connectivity index (χ3v) is 5.79. The summed E-state index contributed by atoms with van der Waals surface area (Å²) in [5.74, 6) is 1.43. The van der Waals surface area contributed by atoms with Gasteiger partial charge in [0.2, 0.25) is 0 Å². The maximum atomic E-state index is 6.49. The van der Waals surface area contributed by atoms with E-state index in [4.69, 9.17) is 10.5 Å². The summed E-state index contributed by atoms with van der Waals surface area (Å²) in [4.78, 5) is 5.24. The molecule has 1 aliphatic carbocycles. The average Bonchev–Trinajstić information content (AvgIpc) is 3.16. The molecule has 122 valence electrons. The van der Waals surface area contributed by atoms with E-state index in [0.29, 0.717) is 5.92 Å². The second-order valence-corrected chi connectivity index (χ2v) is 8.49. The van der Waals surface area contributed by atoms with Gasteiger partial charge in [0.1, 0.15) is 0 Å². The van der Waals surface area contributed by atoms with E-state index in [1.807, 2.05) is 0 Å². The molecule has 4 nitrogen and oxygen atoms in total. The molecule has 2 N–H and O–H groups in total. The summed E-state index contributed by atoms with van der Waals surface area (Å²) >= 11 is 0. The maximum Gasteiger partial charge on any atom is 0.0788 e. The van der Waals surface area contributed by atoms with Crippen LogP contribution in [0, 0.1) is 11.8 Å². The van der Waals surface area contributed by atoms with Crippen LogP contribution in [-0.2, 0) is 4.74 Å². The minimum Gasteiger partial charge on any atom is -0.368 e. The summed E-state index contributed by atoms with van der Waals surface area (Å²) in [5.41, 5.74) is 6.17. The van der Waals surface area contributed by atoms with Crippen LogP contribution in [0.15, 0.2) is 0 Å². The van der Waals surface area contributed by atoms with E-state index < -0.39 is 0 Å². The minimum absolute atomic E-state index is 0.117. The van der Waals surface area contributed by atoms with Crippen LogP contribution in [0.4, 0.5) is 0 Å². The molecule has 4 heteroatoms. The Hall–Kier alpha value is -0.160. The van der Waals surface area contributed by atoms with Crippen molar-refractivity contribution in [3.05, 3.63) is 0 Å². The Morgan fingerprint density at radius 1 is 0.905 bits per heavy atom. The van der Waals surface area contributed by atoms with Gasteiger partial charge in [-0.05, 0) is 46.5 Å². The molecule has 2 heterocycles. The second kappa shape index (κ2) is 5.48. The van der Waals surface area contributed by atoms with E-state index in [0.717, 1.165) is 12.5 Å². The molecule has 0 spiro atoms. The van der Waals surface area contributed by atoms with Crippen LogP contribution < -0.4 is 5.73 Å². The predicted octanol–water partition coefficient (Wildman–Crippen LogP) is 1.54. The number of hydrogen-bond acceptors (Lipinski definition) is 4. The number of nitrogens with two attached hydrogens (primary N) is 1. The highest BCUT2D eigenvalue weighted by molar-refractivity contribution is 5.04. The first kappa shape index (κ1) is 15.7. The molecule has 2 unspecified atom stereocenters. The van der Waals surface area contributed by atoms with Gasteiger partial charge in [0.25, 0.3) is 0 Å². The van der Waals surface area contributed by atoms with Gasteiger partial charge < -0.3 is 20.3 Å². The molecule has 3 fully saturated rings. The molecule has 0 aromatic heterocycles. The highest BCUT2D eigenvalue weighted by Gasteiger charge is 2.52. The minimum atomic E-state index is -0.206. The predicted molar refractivity (Wildman–Crippen MR) is 86.3 cm³/mol. The van der Waals surface area contributed by atoms with Gasteiger partial charge in [-0.1, -0.05) is 0 Å². The van der Waals surface area contributed by atoms with E-state index in [1.54, 1.807) is 0 Å². The van der Waals surface area contributed by atoms with Crippen LogP contribution in [0.3, 0.4) is 0 Å². The third kappa shape index (κ3) is 3.44. The normalized spacial score (nSPS) is 37.0. The monoisotopic (exact) mass is 295 g/mol. The highest BCUT2D eigenvalue weighted by atomic mass is 16.5. The molecule has 1 saturated carbocycles. The summed E-state index contributed by atoms with van der Waals surface area (Å²) in [7, 11) is 0. The van der Waals surface area contributed by atoms with E-state index in [2.05, 4.69) is 37.5 Å². The Labute approximate surface area is 130 Å². The Balaban J connectivity index is 1.52. The molecule has 0 aromatic carbocycles. The average molecular weight is 295 g/mol. The molecule has 2 aliphatic heterocycles. The molecule has 3 aliphatic rings. The van der Waals surface area contributed by atoms with Crippen molar-refractivity contribution >= 4 is 0 Å². The van der Waals surface area contributed by atoms with Gasteiger partial charge in [0.05, 0.1) is 11.2 Å². The lowest BCUT2D eigenvalue weighted by Gasteiger charge is -2.38. The van der Waals surface area contributed by atoms with Crippen LogP contribution in [0.5, 0.6) is 0 Å². The van der Waals surface area contributed by atoms with Crippen LogP contribution in [-0.4, -0.2) is 66.3 Å². The molecule has 0 radical (unpaired) electrons. The Bertz CT molecular complexity index is 370. The lowest BCUT2D eigenvalue weighted by Crippen LogP contribution is -2.53. The quantitative estimate of drug-likeness (QED) is 0.854. The number of hydrogen-bond donors (Lipinski definition) is 1. The summed E-state index contributed by atoms with van der Waals surface area (Å²) in [6, 6.07) is 0.122. The zero-order valence-corrected chi connectivity index (χ0v) is 14.3. The largest absolute Gasteiger partial charge is 0.368 e. The number of rotatable bonds is 4. The molecule has 0 aromatic rings. The van der Waals surface area contributed by atoms with E-state index in [-0.39, 0.29) is 17.2 Å². The molecule has 3 rings (SSSR count). The van der Waals surface area contributed by atoms with Crippen LogP contribution in [0.1, 0.15) is 40.5 Å². The summed E-state index contributed by atoms with van der Waals surface area (Å²) in [6.45, 7) is 15.9. The topological polar surface area (TPSA) is 41.7 Å². The first-order valence-electron chi connectivity index (χ1n) is 8.68. The fraction of sp³-hybridized carbons (Fsp3) is 1.00. The SMILES string of the molecule is CC1(C)OC(C)(C)C(CN2CCN(CC3CC3)CC2)C1N. The van der Waals surface area contributed by atoms with Gasteiger partial charge in [0, 0.05) is 51.2 Å². The van der Waals surface area contributed by atoms with Crippen molar-refractivity contribution in [3.63, 3.8) is 0 Å². The van der Waals surface area contributed by atoms with E-state index in [1.165, 1.54) is 45.6 Å². The highest BCUT2D eigenvalue weighted by Crippen LogP contribution is 2.41. The zero-order chi connectivity index (χ0) is 15.3. The molecular weight excluding hydrogens is 262 g/mol. The van der Waals surface area contributed by atoms with Crippen molar-refractivity contribution in [2.24, 2.45) is 17.6 Å². The number of piperazine rings is 1. The van der Waals surface area contributed by atoms with E-state index >= 15 is 0 Å². The molecule has 0 bridgehead atoms. The van der Waals surface area contributed by atoms with E-state index in [9.17, 15) is 0 Å². The Kier molecular flexibility index (Phi) is 4.11. The third-order valence-electron chi connectivity index (χ3n) is 5.79. The second-order valence-electron chi connectivity index (χ2n) is 8.49. The first-order chi connectivity index (χ1) is 9.78. The van der Waals surface area contributed by atoms with Gasteiger partial charge in [-0.25, -0.2) is 0 Å². The van der Waals surface area contributed by atoms with Crippen molar-refractivity contribution in [1.82, 2.24) is 9.80 Å². The molecule has 0 amide bonds. The number of ether oxygens (including phenoxy) is 1. The molecule has 2 saturated heterocycles. The van der Waals surface area contributed by atoms with Gasteiger partial charge >= 0.3 is 0 Å². The summed E-state index contributed by atoms with van der Waals surface area (Å²) in [5, 5.41) is 0. The van der Waals surface area contributed by atoms with Crippen LogP contribution in [0.25, 0.3) is 0 Å². The van der Waals surface area contributed by atoms with Crippen molar-refractivity contribution < 1.29 is 4.74 Å². The summed E-state index contributed by atoms with van der Waals surface area (Å²) in [6.07, 6.45) is 2.91. The van der Waals surface area contributed by atoms with Gasteiger partial charge in [-0.3, -0.25) is 0 Å². The number of nitrogens with zero attached hydrogens (tertiary/aromatic N) is 2. The summed E-state index contributed by atoms with van der Waals surface area (Å²) < 4.78 is 6.22. The lowest BCUT2D eigenvalue weighted by atomic mass is 9.82. The fourth-order valence-electron chi connectivity index (χ4n) is 4.17. The molecular formula is C17H33N3O. The van der Waals surface area contributed by atoms with Crippen LogP contribution in [0.2, 0.25) is 0 Å².